The Bertz CT molecular complexity index is 836. The van der Waals surface area contributed by atoms with Crippen molar-refractivity contribution < 1.29 is 10.2 Å². The Balaban J connectivity index is 1.78. The number of hydrogen-bond donors (Lipinski definition) is 2. The zero-order chi connectivity index (χ0) is 23.3. The SMILES string of the molecule is CCCCC(CC)(c1ccc(O)c(C2CCCCC2)c1)c1ccc(O)c(C2CCCCC2)c1. The van der Waals surface area contributed by atoms with Crippen molar-refractivity contribution in [3.05, 3.63) is 58.7 Å². The molecule has 0 aliphatic heterocycles. The quantitative estimate of drug-likeness (QED) is 0.423. The van der Waals surface area contributed by atoms with E-state index in [4.69, 9.17) is 0 Å². The first-order valence-corrected chi connectivity index (χ1v) is 13.8. The van der Waals surface area contributed by atoms with Crippen molar-refractivity contribution in [2.24, 2.45) is 0 Å². The molecule has 0 radical (unpaired) electrons. The van der Waals surface area contributed by atoms with Crippen LogP contribution in [0.5, 0.6) is 11.5 Å². The first kappa shape index (κ1) is 24.2. The monoisotopic (exact) mass is 448 g/mol. The predicted octanol–water partition coefficient (Wildman–Crippen LogP) is 9.08. The molecule has 4 rings (SSSR count). The smallest absolute Gasteiger partial charge is 0.119 e. The van der Waals surface area contributed by atoms with Gasteiger partial charge in [-0.1, -0.05) is 89.5 Å². The van der Waals surface area contributed by atoms with Crippen LogP contribution in [0.1, 0.15) is 138 Å². The summed E-state index contributed by atoms with van der Waals surface area (Å²) in [6, 6.07) is 13.0. The fraction of sp³-hybridized carbons (Fsp3) is 0.613. The minimum atomic E-state index is -0.0791. The second-order valence-corrected chi connectivity index (χ2v) is 10.8. The maximum Gasteiger partial charge on any atom is 0.119 e. The van der Waals surface area contributed by atoms with E-state index >= 15 is 0 Å². The van der Waals surface area contributed by atoms with Gasteiger partial charge in [-0.2, -0.15) is 0 Å². The molecule has 2 aliphatic carbocycles. The van der Waals surface area contributed by atoms with Crippen LogP contribution in [-0.2, 0) is 5.41 Å². The van der Waals surface area contributed by atoms with Gasteiger partial charge in [0.25, 0.3) is 0 Å². The van der Waals surface area contributed by atoms with E-state index < -0.39 is 0 Å². The zero-order valence-corrected chi connectivity index (χ0v) is 20.9. The molecular weight excluding hydrogens is 404 g/mol. The highest BCUT2D eigenvalue weighted by Crippen LogP contribution is 2.47. The summed E-state index contributed by atoms with van der Waals surface area (Å²) in [5.74, 6) is 1.91. The summed E-state index contributed by atoms with van der Waals surface area (Å²) in [5.41, 5.74) is 4.93. The predicted molar refractivity (Wildman–Crippen MR) is 138 cm³/mol. The van der Waals surface area contributed by atoms with E-state index in [0.29, 0.717) is 23.3 Å². The van der Waals surface area contributed by atoms with Gasteiger partial charge in [0.2, 0.25) is 0 Å². The molecule has 2 N–H and O–H groups in total. The lowest BCUT2D eigenvalue weighted by molar-refractivity contribution is 0.403. The van der Waals surface area contributed by atoms with Crippen LogP contribution < -0.4 is 0 Å². The minimum absolute atomic E-state index is 0.0791. The van der Waals surface area contributed by atoms with Crippen LogP contribution in [0.2, 0.25) is 0 Å². The molecule has 2 saturated carbocycles. The molecular formula is C31H44O2. The Hall–Kier alpha value is -1.96. The Morgan fingerprint density at radius 2 is 1.15 bits per heavy atom. The lowest BCUT2D eigenvalue weighted by atomic mass is 9.67. The number of aromatic hydroxyl groups is 2. The Morgan fingerprint density at radius 3 is 1.55 bits per heavy atom. The molecule has 2 aromatic carbocycles. The van der Waals surface area contributed by atoms with Gasteiger partial charge < -0.3 is 10.2 Å². The van der Waals surface area contributed by atoms with Crippen molar-refractivity contribution in [2.45, 2.75) is 121 Å². The lowest BCUT2D eigenvalue weighted by Crippen LogP contribution is -2.28. The summed E-state index contributed by atoms with van der Waals surface area (Å²) < 4.78 is 0. The number of phenolic OH excluding ortho intramolecular Hbond substituents is 2. The van der Waals surface area contributed by atoms with Crippen molar-refractivity contribution in [3.8, 4) is 11.5 Å². The molecule has 2 fully saturated rings. The normalized spacial score (nSPS) is 18.5. The summed E-state index contributed by atoms with van der Waals surface area (Å²) in [4.78, 5) is 0. The number of benzene rings is 2. The van der Waals surface area contributed by atoms with E-state index in [1.807, 2.05) is 12.1 Å². The van der Waals surface area contributed by atoms with E-state index in [1.165, 1.54) is 88.2 Å². The molecule has 33 heavy (non-hydrogen) atoms. The average Bonchev–Trinajstić information content (AvgIpc) is 2.87. The number of phenols is 2. The van der Waals surface area contributed by atoms with Crippen LogP contribution in [0.3, 0.4) is 0 Å². The maximum absolute atomic E-state index is 10.8. The summed E-state index contributed by atoms with van der Waals surface area (Å²) >= 11 is 0. The summed E-state index contributed by atoms with van der Waals surface area (Å²) in [6.07, 6.45) is 17.0. The van der Waals surface area contributed by atoms with Gasteiger partial charge in [-0.15, -0.1) is 0 Å². The largest absolute Gasteiger partial charge is 0.508 e. The summed E-state index contributed by atoms with van der Waals surface area (Å²) in [5, 5.41) is 21.6. The molecule has 0 amide bonds. The number of rotatable bonds is 8. The van der Waals surface area contributed by atoms with Gasteiger partial charge in [0.05, 0.1) is 0 Å². The van der Waals surface area contributed by atoms with E-state index in [2.05, 4.69) is 38.1 Å². The van der Waals surface area contributed by atoms with E-state index in [0.717, 1.165) is 24.0 Å². The van der Waals surface area contributed by atoms with E-state index in [1.54, 1.807) is 0 Å². The highest BCUT2D eigenvalue weighted by atomic mass is 16.3. The Labute approximate surface area is 201 Å². The standard InChI is InChI=1S/C31H44O2/c1-3-5-20-31(4-2,25-16-18-29(32)27(21-25)23-12-8-6-9-13-23)26-17-19-30(33)28(22-26)24-14-10-7-11-15-24/h16-19,21-24,32-33H,3-15,20H2,1-2H3. The first-order chi connectivity index (χ1) is 16.1. The summed E-state index contributed by atoms with van der Waals surface area (Å²) in [7, 11) is 0. The average molecular weight is 449 g/mol. The number of unbranched alkanes of at least 4 members (excludes halogenated alkanes) is 1. The summed E-state index contributed by atoms with van der Waals surface area (Å²) in [6.45, 7) is 4.59. The second-order valence-electron chi connectivity index (χ2n) is 10.8. The second kappa shape index (κ2) is 11.0. The first-order valence-electron chi connectivity index (χ1n) is 13.8. The fourth-order valence-electron chi connectivity index (χ4n) is 6.70. The van der Waals surface area contributed by atoms with E-state index in [9.17, 15) is 10.2 Å². The molecule has 0 heterocycles. The van der Waals surface area contributed by atoms with Crippen molar-refractivity contribution in [1.29, 1.82) is 0 Å². The van der Waals surface area contributed by atoms with Crippen molar-refractivity contribution in [2.75, 3.05) is 0 Å². The third kappa shape index (κ3) is 5.10. The van der Waals surface area contributed by atoms with Gasteiger partial charge in [0, 0.05) is 5.41 Å². The van der Waals surface area contributed by atoms with Crippen LogP contribution in [-0.4, -0.2) is 10.2 Å². The molecule has 0 spiro atoms. The van der Waals surface area contributed by atoms with Crippen molar-refractivity contribution >= 4 is 0 Å². The molecule has 2 heteroatoms. The van der Waals surface area contributed by atoms with Gasteiger partial charge in [-0.3, -0.25) is 0 Å². The minimum Gasteiger partial charge on any atom is -0.508 e. The van der Waals surface area contributed by atoms with Crippen molar-refractivity contribution in [3.63, 3.8) is 0 Å². The van der Waals surface area contributed by atoms with Crippen LogP contribution in [0, 0.1) is 0 Å². The molecule has 0 unspecified atom stereocenters. The highest BCUT2D eigenvalue weighted by Gasteiger charge is 2.34. The topological polar surface area (TPSA) is 40.5 Å². The highest BCUT2D eigenvalue weighted by molar-refractivity contribution is 5.49. The zero-order valence-electron chi connectivity index (χ0n) is 20.9. The molecule has 2 aliphatic rings. The van der Waals surface area contributed by atoms with Crippen LogP contribution >= 0.6 is 0 Å². The van der Waals surface area contributed by atoms with Gasteiger partial charge in [0.1, 0.15) is 11.5 Å². The van der Waals surface area contributed by atoms with Crippen LogP contribution in [0.15, 0.2) is 36.4 Å². The molecule has 0 aromatic heterocycles. The third-order valence-electron chi connectivity index (χ3n) is 8.81. The number of hydrogen-bond acceptors (Lipinski definition) is 2. The van der Waals surface area contributed by atoms with Gasteiger partial charge in [-0.05, 0) is 84.7 Å². The lowest BCUT2D eigenvalue weighted by Gasteiger charge is -2.36. The van der Waals surface area contributed by atoms with Crippen LogP contribution in [0.25, 0.3) is 0 Å². The van der Waals surface area contributed by atoms with Gasteiger partial charge in [-0.25, -0.2) is 0 Å². The molecule has 2 nitrogen and oxygen atoms in total. The van der Waals surface area contributed by atoms with Crippen LogP contribution in [0.4, 0.5) is 0 Å². The molecule has 0 atom stereocenters. The Morgan fingerprint density at radius 1 is 0.697 bits per heavy atom. The van der Waals surface area contributed by atoms with Gasteiger partial charge >= 0.3 is 0 Å². The molecule has 2 aromatic rings. The maximum atomic E-state index is 10.8. The fourth-order valence-corrected chi connectivity index (χ4v) is 6.70. The third-order valence-corrected chi connectivity index (χ3v) is 8.81. The van der Waals surface area contributed by atoms with Crippen molar-refractivity contribution in [1.82, 2.24) is 0 Å². The molecule has 0 saturated heterocycles. The Kier molecular flexibility index (Phi) is 8.04. The van der Waals surface area contributed by atoms with E-state index in [-0.39, 0.29) is 5.41 Å². The molecule has 180 valence electrons. The molecule has 0 bridgehead atoms. The van der Waals surface area contributed by atoms with Gasteiger partial charge in [0.15, 0.2) is 0 Å².